The Morgan fingerprint density at radius 2 is 1.60 bits per heavy atom. The van der Waals surface area contributed by atoms with Gasteiger partial charge in [0.05, 0.1) is 32.6 Å². The van der Waals surface area contributed by atoms with Crippen LogP contribution >= 0.6 is 0 Å². The smallest absolute Gasteiger partial charge is 0.340 e. The highest BCUT2D eigenvalue weighted by Gasteiger charge is 2.18. The van der Waals surface area contributed by atoms with Crippen molar-refractivity contribution < 1.29 is 23.8 Å². The van der Waals surface area contributed by atoms with Gasteiger partial charge in [0.1, 0.15) is 0 Å². The van der Waals surface area contributed by atoms with Crippen molar-refractivity contribution in [2.75, 3.05) is 26.6 Å². The fourth-order valence-electron chi connectivity index (χ4n) is 3.09. The molecule has 2 aromatic rings. The average molecular weight is 411 g/mol. The zero-order chi connectivity index (χ0) is 22.3. The molecule has 0 aliphatic carbocycles. The molecule has 0 aliphatic heterocycles. The number of rotatable bonds is 8. The number of nitrogens with one attached hydrogen (secondary N) is 1. The number of hydrogen-bond acceptors (Lipinski definition) is 5. The van der Waals surface area contributed by atoms with E-state index in [1.807, 2.05) is 19.1 Å². The van der Waals surface area contributed by atoms with Crippen molar-refractivity contribution >= 4 is 23.1 Å². The SMILES string of the molecule is COC(=O)c1cc(OC)c(OC)cc1NC(=O)C=C(C)c1ccc(CC(C)C)cc1. The fraction of sp³-hybridized carbons (Fsp3) is 0.333. The van der Waals surface area contributed by atoms with Gasteiger partial charge in [-0.15, -0.1) is 0 Å². The summed E-state index contributed by atoms with van der Waals surface area (Å²) in [6, 6.07) is 11.2. The molecule has 1 amide bonds. The van der Waals surface area contributed by atoms with E-state index in [1.54, 1.807) is 0 Å². The zero-order valence-corrected chi connectivity index (χ0v) is 18.4. The summed E-state index contributed by atoms with van der Waals surface area (Å²) in [6.07, 6.45) is 2.51. The normalized spacial score (nSPS) is 11.2. The Balaban J connectivity index is 2.26. The van der Waals surface area contributed by atoms with Crippen molar-refractivity contribution in [1.82, 2.24) is 0 Å². The van der Waals surface area contributed by atoms with E-state index in [0.717, 1.165) is 17.6 Å². The van der Waals surface area contributed by atoms with Crippen LogP contribution in [0.15, 0.2) is 42.5 Å². The molecular weight excluding hydrogens is 382 g/mol. The number of esters is 1. The first-order valence-corrected chi connectivity index (χ1v) is 9.72. The lowest BCUT2D eigenvalue weighted by Crippen LogP contribution is -2.14. The quantitative estimate of drug-likeness (QED) is 0.502. The van der Waals surface area contributed by atoms with E-state index in [2.05, 4.69) is 31.3 Å². The molecule has 0 unspecified atom stereocenters. The Labute approximate surface area is 177 Å². The van der Waals surface area contributed by atoms with Crippen LogP contribution in [-0.4, -0.2) is 33.2 Å². The van der Waals surface area contributed by atoms with Crippen LogP contribution in [0, 0.1) is 5.92 Å². The predicted octanol–water partition coefficient (Wildman–Crippen LogP) is 4.73. The van der Waals surface area contributed by atoms with Gasteiger partial charge >= 0.3 is 5.97 Å². The van der Waals surface area contributed by atoms with Crippen molar-refractivity contribution in [1.29, 1.82) is 0 Å². The molecule has 0 radical (unpaired) electrons. The summed E-state index contributed by atoms with van der Waals surface area (Å²) in [5.41, 5.74) is 3.48. The maximum atomic E-state index is 12.6. The second kappa shape index (κ2) is 10.5. The minimum Gasteiger partial charge on any atom is -0.493 e. The molecule has 0 aromatic heterocycles. The van der Waals surface area contributed by atoms with Crippen molar-refractivity contribution in [2.24, 2.45) is 5.92 Å². The van der Waals surface area contributed by atoms with Gasteiger partial charge in [0, 0.05) is 18.2 Å². The molecule has 0 atom stereocenters. The summed E-state index contributed by atoms with van der Waals surface area (Å²) in [4.78, 5) is 24.8. The van der Waals surface area contributed by atoms with Crippen molar-refractivity contribution in [3.63, 3.8) is 0 Å². The monoisotopic (exact) mass is 411 g/mol. The third kappa shape index (κ3) is 5.86. The van der Waals surface area contributed by atoms with E-state index in [9.17, 15) is 9.59 Å². The highest BCUT2D eigenvalue weighted by molar-refractivity contribution is 6.08. The van der Waals surface area contributed by atoms with E-state index < -0.39 is 5.97 Å². The van der Waals surface area contributed by atoms with Gasteiger partial charge in [-0.05, 0) is 36.0 Å². The van der Waals surface area contributed by atoms with E-state index in [4.69, 9.17) is 14.2 Å². The molecule has 0 bridgehead atoms. The van der Waals surface area contributed by atoms with Gasteiger partial charge < -0.3 is 19.5 Å². The highest BCUT2D eigenvalue weighted by atomic mass is 16.5. The molecule has 1 N–H and O–H groups in total. The minimum absolute atomic E-state index is 0.174. The number of benzene rings is 2. The summed E-state index contributed by atoms with van der Waals surface area (Å²) in [5.74, 6) is 0.388. The third-order valence-corrected chi connectivity index (χ3v) is 4.59. The maximum Gasteiger partial charge on any atom is 0.340 e. The Hall–Kier alpha value is -3.28. The summed E-state index contributed by atoms with van der Waals surface area (Å²) < 4.78 is 15.3. The molecule has 6 nitrogen and oxygen atoms in total. The van der Waals surface area contributed by atoms with Gasteiger partial charge in [0.25, 0.3) is 0 Å². The van der Waals surface area contributed by atoms with Gasteiger partial charge in [0.15, 0.2) is 11.5 Å². The van der Waals surface area contributed by atoms with Crippen LogP contribution in [0.3, 0.4) is 0 Å². The molecular formula is C24H29NO5. The Bertz CT molecular complexity index is 929. The van der Waals surface area contributed by atoms with Crippen LogP contribution < -0.4 is 14.8 Å². The molecule has 2 rings (SSSR count). The molecule has 0 saturated heterocycles. The second-order valence-corrected chi connectivity index (χ2v) is 7.36. The first-order chi connectivity index (χ1) is 14.3. The highest BCUT2D eigenvalue weighted by Crippen LogP contribution is 2.34. The second-order valence-electron chi connectivity index (χ2n) is 7.36. The van der Waals surface area contributed by atoms with Crippen molar-refractivity contribution in [2.45, 2.75) is 27.2 Å². The van der Waals surface area contributed by atoms with Gasteiger partial charge in [-0.1, -0.05) is 38.1 Å². The lowest BCUT2D eigenvalue weighted by Gasteiger charge is -2.14. The largest absolute Gasteiger partial charge is 0.493 e. The number of hydrogen-bond donors (Lipinski definition) is 1. The summed E-state index contributed by atoms with van der Waals surface area (Å²) in [5, 5.41) is 2.74. The predicted molar refractivity (Wildman–Crippen MR) is 118 cm³/mol. The fourth-order valence-corrected chi connectivity index (χ4v) is 3.09. The van der Waals surface area contributed by atoms with E-state index in [1.165, 1.54) is 45.1 Å². The van der Waals surface area contributed by atoms with Gasteiger partial charge in [-0.2, -0.15) is 0 Å². The van der Waals surface area contributed by atoms with Crippen molar-refractivity contribution in [3.05, 3.63) is 59.2 Å². The topological polar surface area (TPSA) is 73.9 Å². The van der Waals surface area contributed by atoms with Gasteiger partial charge in [-0.25, -0.2) is 4.79 Å². The summed E-state index contributed by atoms with van der Waals surface area (Å²) in [7, 11) is 4.22. The Morgan fingerprint density at radius 3 is 2.13 bits per heavy atom. The molecule has 0 spiro atoms. The van der Waals surface area contributed by atoms with Crippen LogP contribution in [0.4, 0.5) is 5.69 Å². The zero-order valence-electron chi connectivity index (χ0n) is 18.4. The van der Waals surface area contributed by atoms with E-state index >= 15 is 0 Å². The lowest BCUT2D eigenvalue weighted by molar-refractivity contribution is -0.111. The Kier molecular flexibility index (Phi) is 8.04. The number of amides is 1. The molecule has 0 saturated carbocycles. The first-order valence-electron chi connectivity index (χ1n) is 9.72. The summed E-state index contributed by atoms with van der Waals surface area (Å²) >= 11 is 0. The number of allylic oxidation sites excluding steroid dienone is 1. The van der Waals surface area contributed by atoms with Crippen molar-refractivity contribution in [3.8, 4) is 11.5 Å². The number of ether oxygens (including phenoxy) is 3. The molecule has 30 heavy (non-hydrogen) atoms. The average Bonchev–Trinajstić information content (AvgIpc) is 2.72. The molecule has 2 aromatic carbocycles. The molecule has 6 heteroatoms. The number of carbonyl (C=O) groups excluding carboxylic acids is 2. The van der Waals surface area contributed by atoms with Crippen LogP contribution in [0.1, 0.15) is 42.3 Å². The lowest BCUT2D eigenvalue weighted by atomic mass is 9.99. The first kappa shape index (κ1) is 23.0. The van der Waals surface area contributed by atoms with Crippen LogP contribution in [0.2, 0.25) is 0 Å². The summed E-state index contributed by atoms with van der Waals surface area (Å²) in [6.45, 7) is 6.23. The van der Waals surface area contributed by atoms with E-state index in [-0.39, 0.29) is 17.2 Å². The number of anilines is 1. The van der Waals surface area contributed by atoms with E-state index in [0.29, 0.717) is 17.4 Å². The Morgan fingerprint density at radius 1 is 1.00 bits per heavy atom. The third-order valence-electron chi connectivity index (χ3n) is 4.59. The molecule has 160 valence electrons. The molecule has 0 heterocycles. The molecule has 0 fully saturated rings. The number of methoxy groups -OCH3 is 3. The van der Waals surface area contributed by atoms with Gasteiger partial charge in [0.2, 0.25) is 5.91 Å². The maximum absolute atomic E-state index is 12.6. The van der Waals surface area contributed by atoms with Crippen LogP contribution in [0.5, 0.6) is 11.5 Å². The number of carbonyl (C=O) groups is 2. The standard InChI is InChI=1S/C24H29NO5/c1-15(2)11-17-7-9-18(10-8-17)16(3)12-23(26)25-20-14-22(29-5)21(28-4)13-19(20)24(27)30-6/h7-10,12-15H,11H2,1-6H3,(H,25,26). The van der Waals surface area contributed by atoms with Gasteiger partial charge in [-0.3, -0.25) is 4.79 Å². The molecule has 0 aliphatic rings. The van der Waals surface area contributed by atoms with Crippen LogP contribution in [-0.2, 0) is 16.0 Å². The van der Waals surface area contributed by atoms with Crippen LogP contribution in [0.25, 0.3) is 5.57 Å². The minimum atomic E-state index is -0.590.